The van der Waals surface area contributed by atoms with Crippen molar-refractivity contribution in [3.05, 3.63) is 35.3 Å². The summed E-state index contributed by atoms with van der Waals surface area (Å²) in [5, 5.41) is 13.8. The van der Waals surface area contributed by atoms with Crippen molar-refractivity contribution in [3.8, 4) is 0 Å². The number of morpholine rings is 1. The Hall–Kier alpha value is -1.66. The van der Waals surface area contributed by atoms with Crippen LogP contribution in [0.1, 0.15) is 24.2 Å². The number of nitrogens with zero attached hydrogens (tertiary/aromatic N) is 2. The van der Waals surface area contributed by atoms with Crippen molar-refractivity contribution in [1.29, 1.82) is 0 Å². The molecule has 1 fully saturated rings. The molecular weight excluding hydrogens is 270 g/mol. The molecule has 0 spiro atoms. The Morgan fingerprint density at radius 1 is 1.52 bits per heavy atom. The highest BCUT2D eigenvalue weighted by atomic mass is 16.5. The molecule has 6 nitrogen and oxygen atoms in total. The van der Waals surface area contributed by atoms with Crippen molar-refractivity contribution in [2.75, 3.05) is 32.8 Å². The van der Waals surface area contributed by atoms with Gasteiger partial charge < -0.3 is 15.3 Å². The number of aromatic nitrogens is 1. The first-order chi connectivity index (χ1) is 10.0. The minimum absolute atomic E-state index is 0.0228. The van der Waals surface area contributed by atoms with Crippen LogP contribution < -0.4 is 10.0 Å². The summed E-state index contributed by atoms with van der Waals surface area (Å²) in [6, 6.07) is 3.02. The summed E-state index contributed by atoms with van der Waals surface area (Å²) in [6.45, 7) is 8.43. The monoisotopic (exact) mass is 293 g/mol. The summed E-state index contributed by atoms with van der Waals surface area (Å²) in [7, 11) is 0. The van der Waals surface area contributed by atoms with Gasteiger partial charge in [0.15, 0.2) is 12.4 Å². The number of hydrogen-bond donors (Lipinski definition) is 1. The molecule has 0 saturated carbocycles. The lowest BCUT2D eigenvalue weighted by Gasteiger charge is -2.33. The maximum atomic E-state index is 12.0. The summed E-state index contributed by atoms with van der Waals surface area (Å²) in [4.78, 5) is 14.3. The van der Waals surface area contributed by atoms with Crippen molar-refractivity contribution in [3.63, 3.8) is 0 Å². The van der Waals surface area contributed by atoms with Gasteiger partial charge >= 0.3 is 0 Å². The van der Waals surface area contributed by atoms with Gasteiger partial charge in [-0.2, -0.15) is 4.73 Å². The summed E-state index contributed by atoms with van der Waals surface area (Å²) >= 11 is 0. The molecule has 0 bridgehead atoms. The molecule has 2 rings (SSSR count). The van der Waals surface area contributed by atoms with E-state index in [4.69, 9.17) is 4.74 Å². The smallest absolute Gasteiger partial charge is 0.251 e. The Morgan fingerprint density at radius 3 is 2.90 bits per heavy atom. The van der Waals surface area contributed by atoms with Crippen molar-refractivity contribution in [2.45, 2.75) is 20.0 Å². The van der Waals surface area contributed by atoms with E-state index in [1.54, 1.807) is 0 Å². The highest BCUT2D eigenvalue weighted by Gasteiger charge is 2.21. The summed E-state index contributed by atoms with van der Waals surface area (Å²) in [5.41, 5.74) is 0.483. The molecule has 1 saturated heterocycles. The van der Waals surface area contributed by atoms with Gasteiger partial charge in [0.05, 0.1) is 18.3 Å². The lowest BCUT2D eigenvalue weighted by Crippen LogP contribution is -2.48. The largest absolute Gasteiger partial charge is 0.619 e. The fraction of sp³-hybridized carbons (Fsp3) is 0.600. The zero-order valence-corrected chi connectivity index (χ0v) is 12.6. The Bertz CT molecular complexity index is 462. The average Bonchev–Trinajstić information content (AvgIpc) is 2.45. The standard InChI is InChI=1S/C15H23N3O3/c1-12(2)10-17-7-8-21-14(11-17)9-16-15(19)13-3-5-18(20)6-4-13/h3-6,12,14H,7-11H2,1-2H3,(H,16,19). The number of nitrogens with one attached hydrogen (secondary N) is 1. The third kappa shape index (κ3) is 4.99. The van der Waals surface area contributed by atoms with Crippen LogP contribution in [0.2, 0.25) is 0 Å². The van der Waals surface area contributed by atoms with E-state index in [-0.39, 0.29) is 12.0 Å². The predicted octanol–water partition coefficient (Wildman–Crippen LogP) is 0.407. The second kappa shape index (κ2) is 7.38. The molecular formula is C15H23N3O3. The Kier molecular flexibility index (Phi) is 5.52. The molecule has 1 amide bonds. The normalized spacial score (nSPS) is 19.7. The number of hydrogen-bond acceptors (Lipinski definition) is 4. The Labute approximate surface area is 125 Å². The van der Waals surface area contributed by atoms with Crippen LogP contribution in [0.5, 0.6) is 0 Å². The van der Waals surface area contributed by atoms with E-state index in [0.717, 1.165) is 19.6 Å². The minimum Gasteiger partial charge on any atom is -0.619 e. The van der Waals surface area contributed by atoms with Crippen LogP contribution >= 0.6 is 0 Å². The number of amides is 1. The molecule has 1 aromatic rings. The van der Waals surface area contributed by atoms with E-state index >= 15 is 0 Å². The van der Waals surface area contributed by atoms with E-state index in [0.29, 0.717) is 29.4 Å². The zero-order chi connectivity index (χ0) is 15.2. The highest BCUT2D eigenvalue weighted by Crippen LogP contribution is 2.07. The van der Waals surface area contributed by atoms with Gasteiger partial charge in [-0.15, -0.1) is 0 Å². The molecule has 0 radical (unpaired) electrons. The van der Waals surface area contributed by atoms with Crippen LogP contribution in [0.15, 0.2) is 24.5 Å². The molecule has 6 heteroatoms. The lowest BCUT2D eigenvalue weighted by molar-refractivity contribution is -0.605. The molecule has 1 N–H and O–H groups in total. The topological polar surface area (TPSA) is 68.5 Å². The molecule has 0 aliphatic carbocycles. The van der Waals surface area contributed by atoms with Crippen LogP contribution in [0, 0.1) is 11.1 Å². The summed E-state index contributed by atoms with van der Waals surface area (Å²) in [6.07, 6.45) is 2.65. The zero-order valence-electron chi connectivity index (χ0n) is 12.6. The molecule has 1 atom stereocenters. The third-order valence-electron chi connectivity index (χ3n) is 3.40. The second-order valence-corrected chi connectivity index (χ2v) is 5.80. The van der Waals surface area contributed by atoms with Gasteiger partial charge in [-0.05, 0) is 5.92 Å². The van der Waals surface area contributed by atoms with Gasteiger partial charge in [-0.1, -0.05) is 13.8 Å². The van der Waals surface area contributed by atoms with E-state index in [1.165, 1.54) is 24.5 Å². The molecule has 21 heavy (non-hydrogen) atoms. The molecule has 1 aliphatic heterocycles. The van der Waals surface area contributed by atoms with Crippen molar-refractivity contribution in [1.82, 2.24) is 10.2 Å². The molecule has 116 valence electrons. The van der Waals surface area contributed by atoms with Gasteiger partial charge in [-0.25, -0.2) is 0 Å². The molecule has 1 unspecified atom stereocenters. The molecule has 1 aromatic heterocycles. The van der Waals surface area contributed by atoms with Crippen LogP contribution in [-0.2, 0) is 4.74 Å². The van der Waals surface area contributed by atoms with Crippen molar-refractivity contribution >= 4 is 5.91 Å². The Balaban J connectivity index is 1.79. The fourth-order valence-corrected chi connectivity index (χ4v) is 2.46. The van der Waals surface area contributed by atoms with Crippen molar-refractivity contribution < 1.29 is 14.3 Å². The maximum Gasteiger partial charge on any atom is 0.251 e. The van der Waals surface area contributed by atoms with E-state index < -0.39 is 0 Å². The van der Waals surface area contributed by atoms with Crippen LogP contribution in [-0.4, -0.2) is 49.7 Å². The van der Waals surface area contributed by atoms with Crippen LogP contribution in [0.4, 0.5) is 0 Å². The molecule has 2 heterocycles. The number of rotatable bonds is 5. The van der Waals surface area contributed by atoms with Gasteiger partial charge in [0, 0.05) is 38.3 Å². The van der Waals surface area contributed by atoms with Gasteiger partial charge in [0.2, 0.25) is 0 Å². The van der Waals surface area contributed by atoms with Crippen LogP contribution in [0.25, 0.3) is 0 Å². The number of carbonyl (C=O) groups is 1. The number of ether oxygens (including phenoxy) is 1. The van der Waals surface area contributed by atoms with Crippen LogP contribution in [0.3, 0.4) is 0 Å². The van der Waals surface area contributed by atoms with E-state index in [9.17, 15) is 10.0 Å². The van der Waals surface area contributed by atoms with Gasteiger partial charge in [-0.3, -0.25) is 9.69 Å². The maximum absolute atomic E-state index is 12.0. The fourth-order valence-electron chi connectivity index (χ4n) is 2.46. The second-order valence-electron chi connectivity index (χ2n) is 5.80. The van der Waals surface area contributed by atoms with Gasteiger partial charge in [0.25, 0.3) is 5.91 Å². The minimum atomic E-state index is -0.180. The van der Waals surface area contributed by atoms with E-state index in [2.05, 4.69) is 24.1 Å². The third-order valence-corrected chi connectivity index (χ3v) is 3.40. The van der Waals surface area contributed by atoms with E-state index in [1.807, 2.05) is 0 Å². The number of pyridine rings is 1. The molecule has 1 aliphatic rings. The number of carbonyl (C=O) groups excluding carboxylic acids is 1. The molecule has 0 aromatic carbocycles. The predicted molar refractivity (Wildman–Crippen MR) is 78.8 cm³/mol. The first kappa shape index (κ1) is 15.7. The first-order valence-corrected chi connectivity index (χ1v) is 7.35. The van der Waals surface area contributed by atoms with Gasteiger partial charge in [0.1, 0.15) is 0 Å². The Morgan fingerprint density at radius 2 is 2.24 bits per heavy atom. The quantitative estimate of drug-likeness (QED) is 0.630. The summed E-state index contributed by atoms with van der Waals surface area (Å²) < 4.78 is 6.34. The lowest BCUT2D eigenvalue weighted by atomic mass is 10.1. The van der Waals surface area contributed by atoms with Crippen molar-refractivity contribution in [2.24, 2.45) is 5.92 Å². The SMILES string of the molecule is CC(C)CN1CCOC(CNC(=O)c2cc[n+]([O-])cc2)C1. The first-order valence-electron chi connectivity index (χ1n) is 7.35. The summed E-state index contributed by atoms with van der Waals surface area (Å²) in [5.74, 6) is 0.446. The average molecular weight is 293 g/mol. The highest BCUT2D eigenvalue weighted by molar-refractivity contribution is 5.93.